The number of carbonyl (C=O) groups is 2. The first-order valence-electron chi connectivity index (χ1n) is 10.2. The molecule has 0 spiro atoms. The van der Waals surface area contributed by atoms with Gasteiger partial charge in [-0.25, -0.2) is 0 Å². The van der Waals surface area contributed by atoms with Crippen molar-refractivity contribution in [3.63, 3.8) is 0 Å². The lowest BCUT2D eigenvalue weighted by Crippen LogP contribution is -2.28. The maximum absolute atomic E-state index is 12.6. The Morgan fingerprint density at radius 1 is 1.14 bits per heavy atom. The Morgan fingerprint density at radius 3 is 2.86 bits per heavy atom. The second kappa shape index (κ2) is 8.52. The lowest BCUT2D eigenvalue weighted by Gasteiger charge is -2.24. The van der Waals surface area contributed by atoms with Crippen LogP contribution in [0.2, 0.25) is 0 Å². The van der Waals surface area contributed by atoms with Crippen LogP contribution in [0.15, 0.2) is 48.0 Å². The van der Waals surface area contributed by atoms with E-state index in [2.05, 4.69) is 11.4 Å². The smallest absolute Gasteiger partial charge is 0.247 e. The number of amides is 1. The number of hydrogen-bond acceptors (Lipinski definition) is 4. The summed E-state index contributed by atoms with van der Waals surface area (Å²) in [7, 11) is 0. The minimum absolute atomic E-state index is 0.00785. The van der Waals surface area contributed by atoms with Gasteiger partial charge in [-0.1, -0.05) is 37.1 Å². The van der Waals surface area contributed by atoms with Crippen molar-refractivity contribution in [3.05, 3.63) is 64.7 Å². The van der Waals surface area contributed by atoms with E-state index in [0.29, 0.717) is 30.9 Å². The summed E-state index contributed by atoms with van der Waals surface area (Å²) in [4.78, 5) is 24.9. The highest BCUT2D eigenvalue weighted by molar-refractivity contribution is 6.01. The van der Waals surface area contributed by atoms with Gasteiger partial charge >= 0.3 is 0 Å². The van der Waals surface area contributed by atoms with E-state index in [-0.39, 0.29) is 23.4 Å². The molecular weight excluding hydrogens is 366 g/mol. The summed E-state index contributed by atoms with van der Waals surface area (Å²) < 4.78 is 5.66. The Labute approximate surface area is 170 Å². The van der Waals surface area contributed by atoms with E-state index in [9.17, 15) is 14.7 Å². The number of nitrogens with one attached hydrogen (secondary N) is 1. The number of ether oxygens (including phenoxy) is 1. The van der Waals surface area contributed by atoms with Crippen LogP contribution >= 0.6 is 0 Å². The van der Waals surface area contributed by atoms with Gasteiger partial charge in [0, 0.05) is 18.5 Å². The SMILES string of the molecule is O=C(NCCCCCC1COc2ccc(O)cc2C1=O)C1=Cc2ccccc2C1. The first-order valence-corrected chi connectivity index (χ1v) is 10.2. The molecule has 1 heterocycles. The molecule has 0 bridgehead atoms. The summed E-state index contributed by atoms with van der Waals surface area (Å²) in [5.74, 6) is 0.519. The van der Waals surface area contributed by atoms with E-state index in [1.165, 1.54) is 17.7 Å². The van der Waals surface area contributed by atoms with E-state index in [0.717, 1.165) is 36.8 Å². The summed E-state index contributed by atoms with van der Waals surface area (Å²) in [6.45, 7) is 1.03. The Morgan fingerprint density at radius 2 is 2.00 bits per heavy atom. The maximum atomic E-state index is 12.6. The van der Waals surface area contributed by atoms with E-state index < -0.39 is 0 Å². The molecule has 1 unspecified atom stereocenters. The van der Waals surface area contributed by atoms with Crippen LogP contribution in [0.3, 0.4) is 0 Å². The molecule has 5 heteroatoms. The molecular formula is C24H25NO4. The highest BCUT2D eigenvalue weighted by Crippen LogP contribution is 2.32. The average molecular weight is 391 g/mol. The van der Waals surface area contributed by atoms with Crippen LogP contribution in [-0.4, -0.2) is 29.9 Å². The highest BCUT2D eigenvalue weighted by Gasteiger charge is 2.28. The lowest BCUT2D eigenvalue weighted by molar-refractivity contribution is -0.117. The van der Waals surface area contributed by atoms with Crippen molar-refractivity contribution in [1.29, 1.82) is 0 Å². The monoisotopic (exact) mass is 391 g/mol. The van der Waals surface area contributed by atoms with Crippen molar-refractivity contribution in [1.82, 2.24) is 5.32 Å². The molecule has 2 N–H and O–H groups in total. The summed E-state index contributed by atoms with van der Waals surface area (Å²) in [5.41, 5.74) is 3.62. The van der Waals surface area contributed by atoms with Gasteiger partial charge in [0.25, 0.3) is 0 Å². The predicted octanol–water partition coefficient (Wildman–Crippen LogP) is 3.90. The molecule has 5 nitrogen and oxygen atoms in total. The quantitative estimate of drug-likeness (QED) is 0.702. The number of hydrogen-bond donors (Lipinski definition) is 2. The molecule has 2 aliphatic rings. The minimum Gasteiger partial charge on any atom is -0.508 e. The molecule has 1 aliphatic carbocycles. The molecule has 0 saturated heterocycles. The fourth-order valence-corrected chi connectivity index (χ4v) is 3.97. The molecule has 2 aromatic carbocycles. The summed E-state index contributed by atoms with van der Waals surface area (Å²) in [6, 6.07) is 12.7. The van der Waals surface area contributed by atoms with Crippen molar-refractivity contribution in [2.24, 2.45) is 5.92 Å². The molecule has 4 rings (SSSR count). The molecule has 0 aromatic heterocycles. The van der Waals surface area contributed by atoms with Gasteiger partial charge in [0.2, 0.25) is 5.91 Å². The predicted molar refractivity (Wildman–Crippen MR) is 111 cm³/mol. The van der Waals surface area contributed by atoms with E-state index in [4.69, 9.17) is 4.74 Å². The molecule has 0 radical (unpaired) electrons. The summed E-state index contributed by atoms with van der Waals surface area (Å²) >= 11 is 0. The maximum Gasteiger partial charge on any atom is 0.247 e. The Hall–Kier alpha value is -3.08. The highest BCUT2D eigenvalue weighted by atomic mass is 16.5. The van der Waals surface area contributed by atoms with Crippen molar-refractivity contribution < 1.29 is 19.4 Å². The zero-order valence-corrected chi connectivity index (χ0v) is 16.3. The van der Waals surface area contributed by atoms with Crippen LogP contribution in [0.5, 0.6) is 11.5 Å². The third-order valence-corrected chi connectivity index (χ3v) is 5.61. The largest absolute Gasteiger partial charge is 0.508 e. The van der Waals surface area contributed by atoms with Gasteiger partial charge in [0.05, 0.1) is 18.1 Å². The molecule has 1 aliphatic heterocycles. The van der Waals surface area contributed by atoms with Gasteiger partial charge < -0.3 is 15.2 Å². The van der Waals surface area contributed by atoms with Crippen LogP contribution in [0.25, 0.3) is 6.08 Å². The van der Waals surface area contributed by atoms with Gasteiger partial charge in [0.1, 0.15) is 11.5 Å². The van der Waals surface area contributed by atoms with Crippen molar-refractivity contribution in [3.8, 4) is 11.5 Å². The first-order chi connectivity index (χ1) is 14.1. The normalized spacial score (nSPS) is 17.2. The zero-order chi connectivity index (χ0) is 20.2. The second-order valence-corrected chi connectivity index (χ2v) is 7.70. The van der Waals surface area contributed by atoms with Gasteiger partial charge in [-0.2, -0.15) is 0 Å². The molecule has 2 aromatic rings. The number of rotatable bonds is 7. The number of fused-ring (bicyclic) bond motifs is 2. The molecule has 1 atom stereocenters. The third kappa shape index (κ3) is 4.34. The molecule has 29 heavy (non-hydrogen) atoms. The third-order valence-electron chi connectivity index (χ3n) is 5.61. The lowest BCUT2D eigenvalue weighted by atomic mass is 9.90. The van der Waals surface area contributed by atoms with E-state index >= 15 is 0 Å². The number of aromatic hydroxyl groups is 1. The van der Waals surface area contributed by atoms with Gasteiger partial charge in [-0.15, -0.1) is 0 Å². The van der Waals surface area contributed by atoms with Gasteiger partial charge in [-0.05, 0) is 48.2 Å². The number of Topliss-reactive ketones (excluding diaryl/α,β-unsaturated/α-hetero) is 1. The molecule has 1 amide bonds. The number of carbonyl (C=O) groups excluding carboxylic acids is 2. The molecule has 0 fully saturated rings. The van der Waals surface area contributed by atoms with E-state index in [1.54, 1.807) is 6.07 Å². The summed E-state index contributed by atoms with van der Waals surface area (Å²) in [5, 5.41) is 12.6. The fourth-order valence-electron chi connectivity index (χ4n) is 3.97. The van der Waals surface area contributed by atoms with Crippen molar-refractivity contribution in [2.45, 2.75) is 32.1 Å². The number of ketones is 1. The Kier molecular flexibility index (Phi) is 5.65. The van der Waals surface area contributed by atoms with Crippen LogP contribution in [0.4, 0.5) is 0 Å². The van der Waals surface area contributed by atoms with Crippen LogP contribution in [0.1, 0.15) is 47.2 Å². The van der Waals surface area contributed by atoms with Crippen LogP contribution in [-0.2, 0) is 11.2 Å². The summed E-state index contributed by atoms with van der Waals surface area (Å²) in [6.07, 6.45) is 6.14. The standard InChI is InChI=1S/C24H25NO4/c26-20-9-10-22-21(14-20)23(27)18(15-29-22)8-2-1-5-11-25-24(28)19-12-16-6-3-4-7-17(16)13-19/h3-4,6-7,9-10,12,14,18,26H,1-2,5,8,11,13,15H2,(H,25,28). The number of unbranched alkanes of at least 4 members (excludes halogenated alkanes) is 2. The average Bonchev–Trinajstić information content (AvgIpc) is 3.16. The Bertz CT molecular complexity index is 963. The second-order valence-electron chi connectivity index (χ2n) is 7.70. The van der Waals surface area contributed by atoms with Crippen LogP contribution < -0.4 is 10.1 Å². The van der Waals surface area contributed by atoms with Crippen LogP contribution in [0, 0.1) is 5.92 Å². The Balaban J connectivity index is 1.16. The van der Waals surface area contributed by atoms with Crippen molar-refractivity contribution in [2.75, 3.05) is 13.2 Å². The fraction of sp³-hybridized carbons (Fsp3) is 0.333. The number of phenols is 1. The number of benzene rings is 2. The topological polar surface area (TPSA) is 75.6 Å². The van der Waals surface area contributed by atoms with Gasteiger partial charge in [0.15, 0.2) is 5.78 Å². The van der Waals surface area contributed by atoms with Gasteiger partial charge in [-0.3, -0.25) is 9.59 Å². The zero-order valence-electron chi connectivity index (χ0n) is 16.3. The molecule has 0 saturated carbocycles. The number of phenolic OH excluding ortho intramolecular Hbond substituents is 1. The van der Waals surface area contributed by atoms with Crippen molar-refractivity contribution >= 4 is 17.8 Å². The van der Waals surface area contributed by atoms with E-state index in [1.807, 2.05) is 24.3 Å². The molecule has 150 valence electrons. The minimum atomic E-state index is -0.166. The first kappa shape index (κ1) is 19.2.